The van der Waals surface area contributed by atoms with E-state index in [1.54, 1.807) is 6.20 Å². The van der Waals surface area contributed by atoms with E-state index in [1.807, 2.05) is 50.2 Å². The molecular weight excluding hydrogens is 380 g/mol. The van der Waals surface area contributed by atoms with Crippen LogP contribution in [0.3, 0.4) is 0 Å². The first kappa shape index (κ1) is 20.9. The van der Waals surface area contributed by atoms with Gasteiger partial charge < -0.3 is 19.3 Å². The van der Waals surface area contributed by atoms with Crippen LogP contribution < -0.4 is 14.2 Å². The van der Waals surface area contributed by atoms with Crippen LogP contribution in [0.15, 0.2) is 42.6 Å². The number of likely N-dealkylation sites (tertiary alicyclic amines) is 1. The lowest BCUT2D eigenvalue weighted by Gasteiger charge is -2.37. The van der Waals surface area contributed by atoms with Gasteiger partial charge in [-0.2, -0.15) is 0 Å². The van der Waals surface area contributed by atoms with Gasteiger partial charge in [-0.3, -0.25) is 9.88 Å². The largest absolute Gasteiger partial charge is 0.490 e. The van der Waals surface area contributed by atoms with Gasteiger partial charge in [-0.15, -0.1) is 0 Å². The van der Waals surface area contributed by atoms with Crippen LogP contribution in [0, 0.1) is 0 Å². The molecule has 2 aromatic rings. The van der Waals surface area contributed by atoms with E-state index in [9.17, 15) is 5.11 Å². The summed E-state index contributed by atoms with van der Waals surface area (Å²) in [6.07, 6.45) is 4.46. The van der Waals surface area contributed by atoms with Crippen LogP contribution in [0.5, 0.6) is 17.2 Å². The SMILES string of the molecule is CCOc1cccc2c1O[C@@H](CN1C(C)CCC1CC(C)(O)c1ccccn1)CO2. The second-order valence-electron chi connectivity index (χ2n) is 8.54. The molecule has 0 amide bonds. The van der Waals surface area contributed by atoms with E-state index in [1.165, 1.54) is 0 Å². The van der Waals surface area contributed by atoms with Crippen LogP contribution >= 0.6 is 0 Å². The molecular formula is C24H32N2O4. The maximum Gasteiger partial charge on any atom is 0.204 e. The van der Waals surface area contributed by atoms with Gasteiger partial charge in [-0.25, -0.2) is 0 Å². The number of ether oxygens (including phenoxy) is 3. The summed E-state index contributed by atoms with van der Waals surface area (Å²) in [6.45, 7) is 7.92. The second-order valence-corrected chi connectivity index (χ2v) is 8.54. The molecule has 1 aromatic carbocycles. The van der Waals surface area contributed by atoms with Gasteiger partial charge in [-0.05, 0) is 64.3 Å². The molecule has 0 spiro atoms. The van der Waals surface area contributed by atoms with Crippen molar-refractivity contribution in [3.05, 3.63) is 48.3 Å². The standard InChI is InChI=1S/C24H32N2O4/c1-4-28-20-8-7-9-21-23(20)30-19(16-29-21)15-26-17(2)11-12-18(26)14-24(3,27)22-10-5-6-13-25-22/h5-10,13,17-19,27H,4,11-12,14-16H2,1-3H3/t17?,18?,19-,24?/m0/s1. The first-order valence-electron chi connectivity index (χ1n) is 10.9. The molecule has 3 heterocycles. The number of rotatable bonds is 7. The van der Waals surface area contributed by atoms with E-state index >= 15 is 0 Å². The second kappa shape index (κ2) is 8.82. The summed E-state index contributed by atoms with van der Waals surface area (Å²) in [7, 11) is 0. The molecule has 0 saturated carbocycles. The van der Waals surface area contributed by atoms with Crippen LogP contribution in [-0.4, -0.2) is 52.9 Å². The Hall–Kier alpha value is -2.31. The van der Waals surface area contributed by atoms with Crippen molar-refractivity contribution in [2.45, 2.75) is 63.8 Å². The minimum atomic E-state index is -0.965. The van der Waals surface area contributed by atoms with E-state index in [4.69, 9.17) is 14.2 Å². The van der Waals surface area contributed by atoms with E-state index in [2.05, 4.69) is 16.8 Å². The number of aromatic nitrogens is 1. The van der Waals surface area contributed by atoms with Crippen molar-refractivity contribution in [1.29, 1.82) is 0 Å². The number of hydrogen-bond acceptors (Lipinski definition) is 6. The maximum atomic E-state index is 11.1. The Morgan fingerprint density at radius 1 is 1.23 bits per heavy atom. The van der Waals surface area contributed by atoms with Gasteiger partial charge in [0.15, 0.2) is 11.5 Å². The predicted molar refractivity (Wildman–Crippen MR) is 115 cm³/mol. The molecule has 1 N–H and O–H groups in total. The molecule has 6 heteroatoms. The summed E-state index contributed by atoms with van der Waals surface area (Å²) in [5.41, 5.74) is -0.246. The molecule has 6 nitrogen and oxygen atoms in total. The lowest BCUT2D eigenvalue weighted by Crippen LogP contribution is -2.47. The molecule has 1 fully saturated rings. The predicted octanol–water partition coefficient (Wildman–Crippen LogP) is 3.77. The zero-order valence-electron chi connectivity index (χ0n) is 18.1. The van der Waals surface area contributed by atoms with Crippen molar-refractivity contribution in [3.63, 3.8) is 0 Å². The fourth-order valence-electron chi connectivity index (χ4n) is 4.62. The molecule has 0 bridgehead atoms. The molecule has 162 valence electrons. The van der Waals surface area contributed by atoms with Crippen molar-refractivity contribution < 1.29 is 19.3 Å². The maximum absolute atomic E-state index is 11.1. The van der Waals surface area contributed by atoms with E-state index in [-0.39, 0.29) is 12.1 Å². The zero-order chi connectivity index (χ0) is 21.1. The number of hydrogen-bond donors (Lipinski definition) is 1. The number of aliphatic hydroxyl groups is 1. The van der Waals surface area contributed by atoms with Crippen molar-refractivity contribution in [2.75, 3.05) is 19.8 Å². The highest BCUT2D eigenvalue weighted by molar-refractivity contribution is 5.52. The molecule has 1 saturated heterocycles. The molecule has 2 aliphatic rings. The highest BCUT2D eigenvalue weighted by Gasteiger charge is 2.39. The number of nitrogens with zero attached hydrogens (tertiary/aromatic N) is 2. The molecule has 2 aliphatic heterocycles. The first-order valence-corrected chi connectivity index (χ1v) is 10.9. The Kier molecular flexibility index (Phi) is 6.16. The van der Waals surface area contributed by atoms with Crippen LogP contribution in [0.1, 0.15) is 45.7 Å². The fourth-order valence-corrected chi connectivity index (χ4v) is 4.62. The van der Waals surface area contributed by atoms with Crippen LogP contribution in [0.25, 0.3) is 0 Å². The lowest BCUT2D eigenvalue weighted by atomic mass is 9.91. The number of benzene rings is 1. The fraction of sp³-hybridized carbons (Fsp3) is 0.542. The first-order chi connectivity index (χ1) is 14.5. The molecule has 30 heavy (non-hydrogen) atoms. The molecule has 4 rings (SSSR count). The van der Waals surface area contributed by atoms with Gasteiger partial charge in [0.1, 0.15) is 18.3 Å². The minimum Gasteiger partial charge on any atom is -0.490 e. The van der Waals surface area contributed by atoms with Gasteiger partial charge in [0, 0.05) is 24.8 Å². The minimum absolute atomic E-state index is 0.0815. The van der Waals surface area contributed by atoms with Crippen LogP contribution in [0.2, 0.25) is 0 Å². The summed E-state index contributed by atoms with van der Waals surface area (Å²) in [4.78, 5) is 6.84. The Morgan fingerprint density at radius 2 is 2.10 bits per heavy atom. The molecule has 0 aliphatic carbocycles. The summed E-state index contributed by atoms with van der Waals surface area (Å²) in [5, 5.41) is 11.1. The summed E-state index contributed by atoms with van der Waals surface area (Å²) >= 11 is 0. The van der Waals surface area contributed by atoms with Crippen molar-refractivity contribution >= 4 is 0 Å². The topological polar surface area (TPSA) is 64.1 Å². The Labute approximate surface area is 178 Å². The van der Waals surface area contributed by atoms with E-state index in [0.717, 1.165) is 36.6 Å². The average Bonchev–Trinajstić information content (AvgIpc) is 3.08. The third-order valence-corrected chi connectivity index (χ3v) is 6.17. The van der Waals surface area contributed by atoms with Crippen molar-refractivity contribution in [1.82, 2.24) is 9.88 Å². The molecule has 3 unspecified atom stereocenters. The van der Waals surface area contributed by atoms with Gasteiger partial charge in [-0.1, -0.05) is 12.1 Å². The molecule has 1 aromatic heterocycles. The quantitative estimate of drug-likeness (QED) is 0.747. The summed E-state index contributed by atoms with van der Waals surface area (Å²) in [6, 6.07) is 12.1. The van der Waals surface area contributed by atoms with Gasteiger partial charge in [0.05, 0.1) is 12.3 Å². The lowest BCUT2D eigenvalue weighted by molar-refractivity contribution is -0.00242. The summed E-state index contributed by atoms with van der Waals surface area (Å²) < 4.78 is 18.0. The normalized spacial score (nSPS) is 25.7. The highest BCUT2D eigenvalue weighted by atomic mass is 16.6. The van der Waals surface area contributed by atoms with Crippen LogP contribution in [0.4, 0.5) is 0 Å². The summed E-state index contributed by atoms with van der Waals surface area (Å²) in [5.74, 6) is 2.16. The monoisotopic (exact) mass is 412 g/mol. The van der Waals surface area contributed by atoms with Gasteiger partial charge in [0.25, 0.3) is 0 Å². The average molecular weight is 413 g/mol. The van der Waals surface area contributed by atoms with Gasteiger partial charge in [0.2, 0.25) is 5.75 Å². The Morgan fingerprint density at radius 3 is 2.87 bits per heavy atom. The molecule has 0 radical (unpaired) electrons. The highest BCUT2D eigenvalue weighted by Crippen LogP contribution is 2.41. The zero-order valence-corrected chi connectivity index (χ0v) is 18.1. The number of pyridine rings is 1. The number of fused-ring (bicyclic) bond motifs is 1. The Bertz CT molecular complexity index is 842. The smallest absolute Gasteiger partial charge is 0.204 e. The van der Waals surface area contributed by atoms with Gasteiger partial charge >= 0.3 is 0 Å². The van der Waals surface area contributed by atoms with Crippen LogP contribution in [-0.2, 0) is 5.60 Å². The Balaban J connectivity index is 1.46. The third-order valence-electron chi connectivity index (χ3n) is 6.17. The number of para-hydroxylation sites is 1. The third kappa shape index (κ3) is 4.40. The van der Waals surface area contributed by atoms with Crippen molar-refractivity contribution in [3.8, 4) is 17.2 Å². The van der Waals surface area contributed by atoms with E-state index in [0.29, 0.717) is 31.4 Å². The van der Waals surface area contributed by atoms with Crippen molar-refractivity contribution in [2.24, 2.45) is 0 Å². The van der Waals surface area contributed by atoms with E-state index < -0.39 is 5.60 Å². The molecule has 4 atom stereocenters.